The molecule has 0 spiro atoms. The summed E-state index contributed by atoms with van der Waals surface area (Å²) in [6.45, 7) is 3.57. The molecule has 1 aromatic heterocycles. The van der Waals surface area contributed by atoms with Gasteiger partial charge in [0.05, 0.1) is 12.3 Å². The molecular formula is C16H14ClN3O4. The van der Waals surface area contributed by atoms with E-state index in [0.717, 1.165) is 5.56 Å². The summed E-state index contributed by atoms with van der Waals surface area (Å²) in [6.07, 6.45) is 0. The van der Waals surface area contributed by atoms with Gasteiger partial charge in [-0.15, -0.1) is 10.2 Å². The van der Waals surface area contributed by atoms with Crippen molar-refractivity contribution in [2.75, 3.05) is 18.1 Å². The first-order valence-corrected chi connectivity index (χ1v) is 7.66. The third kappa shape index (κ3) is 3.03. The fraction of sp³-hybridized carbons (Fsp3) is 0.250. The van der Waals surface area contributed by atoms with Crippen LogP contribution in [0.2, 0.25) is 5.15 Å². The van der Waals surface area contributed by atoms with Gasteiger partial charge in [-0.25, -0.2) is 0 Å². The molecule has 0 bridgehead atoms. The average molecular weight is 348 g/mol. The first-order valence-electron chi connectivity index (χ1n) is 7.28. The van der Waals surface area contributed by atoms with Crippen LogP contribution in [0, 0.1) is 6.92 Å². The van der Waals surface area contributed by atoms with Crippen LogP contribution in [0.25, 0.3) is 0 Å². The van der Waals surface area contributed by atoms with Gasteiger partial charge in [0.2, 0.25) is 0 Å². The van der Waals surface area contributed by atoms with E-state index >= 15 is 0 Å². The van der Waals surface area contributed by atoms with E-state index in [2.05, 4.69) is 10.2 Å². The smallest absolute Gasteiger partial charge is 0.326 e. The van der Waals surface area contributed by atoms with Crippen molar-refractivity contribution in [2.45, 2.75) is 13.8 Å². The Bertz CT molecular complexity index is 825. The Morgan fingerprint density at radius 2 is 2.12 bits per heavy atom. The lowest BCUT2D eigenvalue weighted by atomic mass is 10.2. The molecule has 0 aliphatic carbocycles. The van der Waals surface area contributed by atoms with E-state index < -0.39 is 11.9 Å². The second-order valence-corrected chi connectivity index (χ2v) is 5.54. The van der Waals surface area contributed by atoms with E-state index in [9.17, 15) is 9.59 Å². The van der Waals surface area contributed by atoms with Gasteiger partial charge in [-0.3, -0.25) is 14.5 Å². The molecule has 1 aromatic carbocycles. The van der Waals surface area contributed by atoms with Crippen molar-refractivity contribution < 1.29 is 19.1 Å². The normalized spacial score (nSPS) is 12.8. The number of carbonyl (C=O) groups is 2. The van der Waals surface area contributed by atoms with Crippen LogP contribution >= 0.6 is 11.6 Å². The van der Waals surface area contributed by atoms with Gasteiger partial charge in [0.15, 0.2) is 10.9 Å². The summed E-state index contributed by atoms with van der Waals surface area (Å²) in [5.41, 5.74) is 1.52. The Kier molecular flexibility index (Phi) is 4.35. The molecule has 0 atom stereocenters. The number of benzene rings is 1. The van der Waals surface area contributed by atoms with Crippen LogP contribution in [0.15, 0.2) is 24.3 Å². The Balaban J connectivity index is 2.12. The van der Waals surface area contributed by atoms with Crippen molar-refractivity contribution in [3.63, 3.8) is 0 Å². The van der Waals surface area contributed by atoms with Gasteiger partial charge < -0.3 is 9.47 Å². The highest BCUT2D eigenvalue weighted by Crippen LogP contribution is 2.38. The van der Waals surface area contributed by atoms with Crippen LogP contribution in [0.5, 0.6) is 11.6 Å². The first-order chi connectivity index (χ1) is 11.5. The number of aryl methyl sites for hydroxylation is 1. The summed E-state index contributed by atoms with van der Waals surface area (Å²) in [5.74, 6) is -0.531. The highest BCUT2D eigenvalue weighted by Gasteiger charge is 2.31. The van der Waals surface area contributed by atoms with Crippen molar-refractivity contribution in [3.05, 3.63) is 40.5 Å². The molecule has 1 aliphatic heterocycles. The molecule has 7 nitrogen and oxygen atoms in total. The van der Waals surface area contributed by atoms with Crippen LogP contribution < -0.4 is 9.64 Å². The molecule has 0 radical (unpaired) electrons. The lowest BCUT2D eigenvalue weighted by Crippen LogP contribution is -2.36. The van der Waals surface area contributed by atoms with Crippen molar-refractivity contribution >= 4 is 29.2 Å². The standard InChI is InChI=1S/C16H14ClN3O4/c1-3-23-14(21)8-20-11-5-4-9(2)6-12(11)24-15-10(16(20)22)7-13(17)18-19-15/h4-7H,3,8H2,1-2H3. The van der Waals surface area contributed by atoms with Gasteiger partial charge in [0.1, 0.15) is 12.1 Å². The Hall–Kier alpha value is -2.67. The number of amides is 1. The monoisotopic (exact) mass is 347 g/mol. The minimum atomic E-state index is -0.520. The molecule has 0 saturated heterocycles. The predicted molar refractivity (Wildman–Crippen MR) is 86.6 cm³/mol. The molecular weight excluding hydrogens is 334 g/mol. The van der Waals surface area contributed by atoms with Crippen LogP contribution in [0.3, 0.4) is 0 Å². The fourth-order valence-corrected chi connectivity index (χ4v) is 2.51. The summed E-state index contributed by atoms with van der Waals surface area (Å²) in [7, 11) is 0. The van der Waals surface area contributed by atoms with Crippen molar-refractivity contribution in [2.24, 2.45) is 0 Å². The molecule has 8 heteroatoms. The van der Waals surface area contributed by atoms with Gasteiger partial charge in [-0.1, -0.05) is 17.7 Å². The highest BCUT2D eigenvalue weighted by molar-refractivity contribution is 6.30. The zero-order valence-electron chi connectivity index (χ0n) is 13.1. The number of hydrogen-bond acceptors (Lipinski definition) is 6. The maximum Gasteiger partial charge on any atom is 0.326 e. The van der Waals surface area contributed by atoms with Crippen LogP contribution in [-0.4, -0.2) is 35.2 Å². The number of rotatable bonds is 3. The zero-order valence-corrected chi connectivity index (χ0v) is 13.8. The number of nitrogens with zero attached hydrogens (tertiary/aromatic N) is 3. The molecule has 2 aromatic rings. The summed E-state index contributed by atoms with van der Waals surface area (Å²) < 4.78 is 10.7. The third-order valence-electron chi connectivity index (χ3n) is 3.41. The molecule has 1 aliphatic rings. The number of ether oxygens (including phenoxy) is 2. The van der Waals surface area contributed by atoms with Gasteiger partial charge >= 0.3 is 5.97 Å². The molecule has 124 valence electrons. The number of fused-ring (bicyclic) bond motifs is 2. The van der Waals surface area contributed by atoms with Crippen LogP contribution in [0.1, 0.15) is 22.8 Å². The molecule has 24 heavy (non-hydrogen) atoms. The number of hydrogen-bond donors (Lipinski definition) is 0. The number of esters is 1. The maximum absolute atomic E-state index is 12.9. The molecule has 3 rings (SSSR count). The van der Waals surface area contributed by atoms with E-state index in [-0.39, 0.29) is 29.7 Å². The van der Waals surface area contributed by atoms with E-state index in [0.29, 0.717) is 11.4 Å². The summed E-state index contributed by atoms with van der Waals surface area (Å²) >= 11 is 5.84. The van der Waals surface area contributed by atoms with E-state index in [1.54, 1.807) is 19.1 Å². The maximum atomic E-state index is 12.9. The lowest BCUT2D eigenvalue weighted by Gasteiger charge is -2.21. The number of anilines is 1. The molecule has 0 N–H and O–H groups in total. The third-order valence-corrected chi connectivity index (χ3v) is 3.60. The quantitative estimate of drug-likeness (QED) is 0.794. The topological polar surface area (TPSA) is 81.6 Å². The SMILES string of the molecule is CCOC(=O)CN1C(=O)c2cc(Cl)nnc2Oc2cc(C)ccc21. The van der Waals surface area contributed by atoms with E-state index in [1.807, 2.05) is 13.0 Å². The Labute approximate surface area is 143 Å². The summed E-state index contributed by atoms with van der Waals surface area (Å²) in [4.78, 5) is 26.1. The largest absolute Gasteiger partial charge is 0.465 e. The van der Waals surface area contributed by atoms with Crippen LogP contribution in [-0.2, 0) is 9.53 Å². The molecule has 0 saturated carbocycles. The van der Waals surface area contributed by atoms with Crippen LogP contribution in [0.4, 0.5) is 5.69 Å². The minimum Gasteiger partial charge on any atom is -0.465 e. The minimum absolute atomic E-state index is 0.0441. The zero-order chi connectivity index (χ0) is 17.3. The summed E-state index contributed by atoms with van der Waals surface area (Å²) in [5, 5.41) is 7.61. The average Bonchev–Trinajstić information content (AvgIpc) is 2.64. The first kappa shape index (κ1) is 16.2. The van der Waals surface area contributed by atoms with E-state index in [4.69, 9.17) is 21.1 Å². The van der Waals surface area contributed by atoms with Crippen molar-refractivity contribution in [3.8, 4) is 11.6 Å². The number of carbonyl (C=O) groups excluding carboxylic acids is 2. The fourth-order valence-electron chi connectivity index (χ4n) is 2.36. The van der Waals surface area contributed by atoms with Gasteiger partial charge in [-0.05, 0) is 37.6 Å². The lowest BCUT2D eigenvalue weighted by molar-refractivity contribution is -0.141. The molecule has 0 unspecified atom stereocenters. The highest BCUT2D eigenvalue weighted by atomic mass is 35.5. The Morgan fingerprint density at radius 1 is 1.33 bits per heavy atom. The number of halogens is 1. The summed E-state index contributed by atoms with van der Waals surface area (Å²) in [6, 6.07) is 6.65. The van der Waals surface area contributed by atoms with Gasteiger partial charge in [0, 0.05) is 0 Å². The number of aromatic nitrogens is 2. The predicted octanol–water partition coefficient (Wildman–Crippen LogP) is 2.75. The van der Waals surface area contributed by atoms with Gasteiger partial charge in [-0.2, -0.15) is 0 Å². The molecule has 0 fully saturated rings. The molecule has 1 amide bonds. The Morgan fingerprint density at radius 3 is 2.88 bits per heavy atom. The second kappa shape index (κ2) is 6.45. The van der Waals surface area contributed by atoms with Crippen molar-refractivity contribution in [1.29, 1.82) is 0 Å². The van der Waals surface area contributed by atoms with Crippen molar-refractivity contribution in [1.82, 2.24) is 10.2 Å². The van der Waals surface area contributed by atoms with E-state index in [1.165, 1.54) is 11.0 Å². The molecule has 2 heterocycles. The van der Waals surface area contributed by atoms with Gasteiger partial charge in [0.25, 0.3) is 11.8 Å². The second-order valence-electron chi connectivity index (χ2n) is 5.16.